The molecule has 0 aliphatic carbocycles. The molecule has 0 aromatic heterocycles. The molecule has 0 unspecified atom stereocenters. The molecule has 118 valence electrons. The van der Waals surface area contributed by atoms with Crippen molar-refractivity contribution in [3.05, 3.63) is 64.9 Å². The predicted molar refractivity (Wildman–Crippen MR) is 85.5 cm³/mol. The maximum absolute atomic E-state index is 10.5. The third kappa shape index (κ3) is 5.09. The van der Waals surface area contributed by atoms with E-state index < -0.39 is 0 Å². The van der Waals surface area contributed by atoms with E-state index in [9.17, 15) is 10.3 Å². The van der Waals surface area contributed by atoms with Crippen LogP contribution >= 0.6 is 0 Å². The Labute approximate surface area is 130 Å². The van der Waals surface area contributed by atoms with Crippen LogP contribution in [0, 0.1) is 12.1 Å². The van der Waals surface area contributed by atoms with Crippen molar-refractivity contribution >= 4 is 5.69 Å². The van der Waals surface area contributed by atoms with E-state index in [0.29, 0.717) is 11.4 Å². The summed E-state index contributed by atoms with van der Waals surface area (Å²) in [6.07, 6.45) is 0. The SMILES string of the molecule is Cc1ccc(O)c(C(C)(C)C)c1.[O-][N+](=NO)c1ccccc1. The maximum atomic E-state index is 10.5. The van der Waals surface area contributed by atoms with Gasteiger partial charge >= 0.3 is 0 Å². The van der Waals surface area contributed by atoms with E-state index in [4.69, 9.17) is 5.21 Å². The lowest BCUT2D eigenvalue weighted by atomic mass is 9.85. The van der Waals surface area contributed by atoms with Crippen LogP contribution in [0.5, 0.6) is 5.75 Å². The van der Waals surface area contributed by atoms with Crippen LogP contribution in [-0.4, -0.2) is 15.2 Å². The summed E-state index contributed by atoms with van der Waals surface area (Å²) in [5.41, 5.74) is 2.54. The number of rotatable bonds is 1. The van der Waals surface area contributed by atoms with E-state index >= 15 is 0 Å². The van der Waals surface area contributed by atoms with Gasteiger partial charge in [-0.05, 0) is 28.8 Å². The minimum atomic E-state index is 0.0239. The van der Waals surface area contributed by atoms with Crippen molar-refractivity contribution in [3.8, 4) is 5.75 Å². The number of phenols is 1. The average molecular weight is 302 g/mol. The molecule has 0 atom stereocenters. The summed E-state index contributed by atoms with van der Waals surface area (Å²) in [5.74, 6) is 0.396. The summed E-state index contributed by atoms with van der Waals surface area (Å²) >= 11 is 0. The molecule has 0 saturated carbocycles. The minimum Gasteiger partial charge on any atom is -0.592 e. The quantitative estimate of drug-likeness (QED) is 0.456. The normalized spacial score (nSPS) is 11.5. The van der Waals surface area contributed by atoms with Crippen molar-refractivity contribution in [1.82, 2.24) is 0 Å². The zero-order valence-electron chi connectivity index (χ0n) is 13.3. The van der Waals surface area contributed by atoms with Crippen LogP contribution in [0.25, 0.3) is 0 Å². The molecule has 0 radical (unpaired) electrons. The Balaban J connectivity index is 0.000000224. The van der Waals surface area contributed by atoms with Crippen molar-refractivity contribution in [1.29, 1.82) is 0 Å². The van der Waals surface area contributed by atoms with E-state index in [1.165, 1.54) is 5.56 Å². The number of benzene rings is 2. The Morgan fingerprint density at radius 2 is 1.64 bits per heavy atom. The summed E-state index contributed by atoms with van der Waals surface area (Å²) in [4.78, 5) is 0.139. The largest absolute Gasteiger partial charge is 0.592 e. The molecule has 0 aliphatic rings. The van der Waals surface area contributed by atoms with Gasteiger partial charge in [-0.1, -0.05) is 56.7 Å². The van der Waals surface area contributed by atoms with Gasteiger partial charge in [0.05, 0.1) is 0 Å². The molecule has 0 saturated heterocycles. The zero-order valence-corrected chi connectivity index (χ0v) is 13.3. The highest BCUT2D eigenvalue weighted by Crippen LogP contribution is 2.30. The molecule has 0 spiro atoms. The van der Waals surface area contributed by atoms with E-state index in [1.54, 1.807) is 36.4 Å². The number of para-hydroxylation sites is 1. The van der Waals surface area contributed by atoms with Gasteiger partial charge in [0.1, 0.15) is 5.75 Å². The molecule has 5 heteroatoms. The number of hydrogen-bond donors (Lipinski definition) is 2. The number of phenolic OH excluding ortho intramolecular Hbond substituents is 1. The first-order valence-corrected chi connectivity index (χ1v) is 6.93. The Bertz CT molecular complexity index is 632. The van der Waals surface area contributed by atoms with Gasteiger partial charge in [-0.3, -0.25) is 0 Å². The summed E-state index contributed by atoms with van der Waals surface area (Å²) in [6, 6.07) is 14.0. The van der Waals surface area contributed by atoms with Crippen molar-refractivity contribution in [2.24, 2.45) is 5.28 Å². The Kier molecular flexibility index (Phi) is 5.92. The second-order valence-electron chi connectivity index (χ2n) is 5.97. The first kappa shape index (κ1) is 17.5. The summed E-state index contributed by atoms with van der Waals surface area (Å²) < 4.78 is 0. The molecule has 2 aromatic rings. The highest BCUT2D eigenvalue weighted by atomic mass is 16.6. The fourth-order valence-electron chi connectivity index (χ4n) is 1.86. The molecule has 0 amide bonds. The second kappa shape index (κ2) is 7.45. The smallest absolute Gasteiger partial charge is 0.248 e. The molecular formula is C17H22N2O3. The van der Waals surface area contributed by atoms with Crippen LogP contribution < -0.4 is 0 Å². The Morgan fingerprint density at radius 1 is 1.05 bits per heavy atom. The van der Waals surface area contributed by atoms with Gasteiger partial charge in [-0.25, -0.2) is 0 Å². The molecule has 0 heterocycles. The minimum absolute atomic E-state index is 0.0239. The molecule has 0 aliphatic heterocycles. The van der Waals surface area contributed by atoms with E-state index in [1.807, 2.05) is 19.1 Å². The standard InChI is InChI=1S/C11H16O.C6H6N2O2/c1-8-5-6-10(12)9(7-8)11(2,3)4;9-7-8(10)6-4-2-1-3-5-6/h5-7,12H,1-4H3;1-5,9H. The van der Waals surface area contributed by atoms with Crippen LogP contribution in [-0.2, 0) is 5.41 Å². The lowest BCUT2D eigenvalue weighted by Crippen LogP contribution is -2.11. The highest BCUT2D eigenvalue weighted by molar-refractivity contribution is 5.40. The number of aryl methyl sites for hydroxylation is 1. The van der Waals surface area contributed by atoms with Gasteiger partial charge in [0, 0.05) is 12.1 Å². The van der Waals surface area contributed by atoms with Crippen molar-refractivity contribution in [2.75, 3.05) is 0 Å². The zero-order chi connectivity index (χ0) is 16.8. The number of hydrogen-bond acceptors (Lipinski definition) is 3. The summed E-state index contributed by atoms with van der Waals surface area (Å²) in [5, 5.41) is 30.5. The van der Waals surface area contributed by atoms with Gasteiger partial charge in [-0.15, -0.1) is 0 Å². The third-order valence-electron chi connectivity index (χ3n) is 3.02. The van der Waals surface area contributed by atoms with Gasteiger partial charge in [0.2, 0.25) is 11.0 Å². The first-order chi connectivity index (χ1) is 10.3. The molecule has 22 heavy (non-hydrogen) atoms. The predicted octanol–water partition coefficient (Wildman–Crippen LogP) is 4.67. The lowest BCUT2D eigenvalue weighted by Gasteiger charge is -2.20. The van der Waals surface area contributed by atoms with Gasteiger partial charge in [0.15, 0.2) is 0 Å². The summed E-state index contributed by atoms with van der Waals surface area (Å²) in [6.45, 7) is 8.33. The highest BCUT2D eigenvalue weighted by Gasteiger charge is 2.17. The van der Waals surface area contributed by atoms with Crippen LogP contribution in [0.3, 0.4) is 0 Å². The molecule has 5 nitrogen and oxygen atoms in total. The van der Waals surface area contributed by atoms with Gasteiger partial charge in [-0.2, -0.15) is 0 Å². The van der Waals surface area contributed by atoms with Crippen LogP contribution in [0.1, 0.15) is 31.9 Å². The van der Waals surface area contributed by atoms with Crippen molar-refractivity contribution < 1.29 is 15.2 Å². The molecule has 0 bridgehead atoms. The van der Waals surface area contributed by atoms with E-state index in [2.05, 4.69) is 26.0 Å². The van der Waals surface area contributed by atoms with Crippen LogP contribution in [0.2, 0.25) is 0 Å². The molecule has 0 fully saturated rings. The average Bonchev–Trinajstić information content (AvgIpc) is 2.49. The monoisotopic (exact) mass is 302 g/mol. The first-order valence-electron chi connectivity index (χ1n) is 6.93. The Hall–Kier alpha value is -2.56. The van der Waals surface area contributed by atoms with Gasteiger partial charge < -0.3 is 15.5 Å². The molecule has 2 rings (SSSR count). The van der Waals surface area contributed by atoms with Gasteiger partial charge in [0.25, 0.3) is 0 Å². The maximum Gasteiger partial charge on any atom is 0.248 e. The second-order valence-corrected chi connectivity index (χ2v) is 5.97. The topological polar surface area (TPSA) is 78.9 Å². The lowest BCUT2D eigenvalue weighted by molar-refractivity contribution is -0.473. The van der Waals surface area contributed by atoms with Crippen molar-refractivity contribution in [3.63, 3.8) is 0 Å². The fourth-order valence-corrected chi connectivity index (χ4v) is 1.86. The number of aromatic hydroxyl groups is 1. The van der Waals surface area contributed by atoms with E-state index in [-0.39, 0.29) is 10.3 Å². The van der Waals surface area contributed by atoms with Crippen LogP contribution in [0.15, 0.2) is 53.8 Å². The molecular weight excluding hydrogens is 280 g/mol. The molecule has 2 N–H and O–H groups in total. The summed E-state index contributed by atoms with van der Waals surface area (Å²) in [7, 11) is 0. The molecule has 2 aromatic carbocycles. The number of nitrogens with zero attached hydrogens (tertiary/aromatic N) is 2. The third-order valence-corrected chi connectivity index (χ3v) is 3.02. The van der Waals surface area contributed by atoms with E-state index in [0.717, 1.165) is 5.56 Å². The van der Waals surface area contributed by atoms with Crippen molar-refractivity contribution in [2.45, 2.75) is 33.1 Å². The fraction of sp³-hybridized carbons (Fsp3) is 0.294. The van der Waals surface area contributed by atoms with Crippen LogP contribution in [0.4, 0.5) is 5.69 Å². The Morgan fingerprint density at radius 3 is 2.09 bits per heavy atom.